The smallest absolute Gasteiger partial charge is 0.329 e. The average Bonchev–Trinajstić information content (AvgIpc) is 2.92. The van der Waals surface area contributed by atoms with Crippen molar-refractivity contribution in [3.8, 4) is 5.75 Å². The molecule has 0 bridgehead atoms. The number of nitrogens with zero attached hydrogens (tertiary/aromatic N) is 3. The van der Waals surface area contributed by atoms with Crippen molar-refractivity contribution in [3.63, 3.8) is 0 Å². The third kappa shape index (κ3) is 3.14. The van der Waals surface area contributed by atoms with Crippen molar-refractivity contribution < 1.29 is 9.53 Å². The number of methoxy groups -OCH3 is 1. The molecule has 0 aliphatic carbocycles. The molecule has 0 fully saturated rings. The number of benzene rings is 1. The Hall–Kier alpha value is -1.82. The molecule has 0 saturated carbocycles. The van der Waals surface area contributed by atoms with E-state index in [2.05, 4.69) is 20.9 Å². The van der Waals surface area contributed by atoms with Crippen molar-refractivity contribution in [2.75, 3.05) is 14.2 Å². The predicted octanol–water partition coefficient (Wildman–Crippen LogP) is 2.75. The first-order valence-electron chi connectivity index (χ1n) is 5.67. The first kappa shape index (κ1) is 13.6. The molecule has 0 aliphatic heterocycles. The van der Waals surface area contributed by atoms with E-state index in [9.17, 15) is 4.79 Å². The van der Waals surface area contributed by atoms with Gasteiger partial charge in [-0.25, -0.2) is 9.78 Å². The normalized spacial score (nSPS) is 10.3. The van der Waals surface area contributed by atoms with Crippen LogP contribution in [-0.2, 0) is 6.54 Å². The van der Waals surface area contributed by atoms with Crippen molar-refractivity contribution in [1.29, 1.82) is 0 Å². The first-order chi connectivity index (χ1) is 9.11. The van der Waals surface area contributed by atoms with Gasteiger partial charge in [-0.3, -0.25) is 4.57 Å². The summed E-state index contributed by atoms with van der Waals surface area (Å²) in [5.41, 5.74) is 0.938. The van der Waals surface area contributed by atoms with Gasteiger partial charge in [0.1, 0.15) is 12.1 Å². The second-order valence-electron chi connectivity index (χ2n) is 4.06. The Morgan fingerprint density at radius 3 is 2.95 bits per heavy atom. The van der Waals surface area contributed by atoms with Crippen molar-refractivity contribution in [1.82, 2.24) is 14.5 Å². The van der Waals surface area contributed by atoms with Gasteiger partial charge in [-0.05, 0) is 18.2 Å². The Morgan fingerprint density at radius 1 is 1.53 bits per heavy atom. The highest BCUT2D eigenvalue weighted by Gasteiger charge is 2.13. The maximum absolute atomic E-state index is 12.1. The SMILES string of the molecule is COc1ccc(Br)cc1CN(C)C(=O)n1ccnc1. The van der Waals surface area contributed by atoms with Gasteiger partial charge in [0.25, 0.3) is 0 Å². The van der Waals surface area contributed by atoms with Gasteiger partial charge in [0.15, 0.2) is 0 Å². The number of amides is 1. The summed E-state index contributed by atoms with van der Waals surface area (Å²) in [4.78, 5) is 17.6. The Morgan fingerprint density at radius 2 is 2.32 bits per heavy atom. The van der Waals surface area contributed by atoms with Gasteiger partial charge < -0.3 is 9.64 Å². The molecule has 19 heavy (non-hydrogen) atoms. The number of aromatic nitrogens is 2. The van der Waals surface area contributed by atoms with Gasteiger partial charge in [0.2, 0.25) is 0 Å². The molecule has 0 N–H and O–H groups in total. The quantitative estimate of drug-likeness (QED) is 0.872. The lowest BCUT2D eigenvalue weighted by atomic mass is 10.2. The summed E-state index contributed by atoms with van der Waals surface area (Å²) in [7, 11) is 3.35. The molecule has 0 unspecified atom stereocenters. The van der Waals surface area contributed by atoms with E-state index in [0.29, 0.717) is 6.54 Å². The molecular formula is C13H14BrN3O2. The lowest BCUT2D eigenvalue weighted by molar-refractivity contribution is 0.208. The monoisotopic (exact) mass is 323 g/mol. The molecule has 1 heterocycles. The fourth-order valence-corrected chi connectivity index (χ4v) is 2.17. The van der Waals surface area contributed by atoms with E-state index in [1.165, 1.54) is 10.9 Å². The van der Waals surface area contributed by atoms with E-state index >= 15 is 0 Å². The molecule has 2 aromatic rings. The van der Waals surface area contributed by atoms with Crippen molar-refractivity contribution >= 4 is 22.0 Å². The first-order valence-corrected chi connectivity index (χ1v) is 6.47. The van der Waals surface area contributed by atoms with E-state index in [-0.39, 0.29) is 6.03 Å². The van der Waals surface area contributed by atoms with E-state index in [1.807, 2.05) is 18.2 Å². The minimum Gasteiger partial charge on any atom is -0.496 e. The number of carbonyl (C=O) groups excluding carboxylic acids is 1. The molecule has 1 aromatic carbocycles. The zero-order valence-corrected chi connectivity index (χ0v) is 12.3. The number of ether oxygens (including phenoxy) is 1. The largest absolute Gasteiger partial charge is 0.496 e. The summed E-state index contributed by atoms with van der Waals surface area (Å²) in [5, 5.41) is 0. The van der Waals surface area contributed by atoms with Crippen LogP contribution in [0.15, 0.2) is 41.4 Å². The molecule has 6 heteroatoms. The summed E-state index contributed by atoms with van der Waals surface area (Å²) >= 11 is 3.42. The fourth-order valence-electron chi connectivity index (χ4n) is 1.76. The molecule has 100 valence electrons. The number of hydrogen-bond acceptors (Lipinski definition) is 3. The summed E-state index contributed by atoms with van der Waals surface area (Å²) in [6, 6.07) is 5.57. The Kier molecular flexibility index (Phi) is 4.21. The highest BCUT2D eigenvalue weighted by Crippen LogP contribution is 2.24. The molecule has 0 atom stereocenters. The molecule has 1 amide bonds. The van der Waals surface area contributed by atoms with Gasteiger partial charge in [-0.2, -0.15) is 0 Å². The second kappa shape index (κ2) is 5.88. The van der Waals surface area contributed by atoms with Crippen LogP contribution >= 0.6 is 15.9 Å². The second-order valence-corrected chi connectivity index (χ2v) is 4.98. The predicted molar refractivity (Wildman–Crippen MR) is 75.2 cm³/mol. The van der Waals surface area contributed by atoms with Crippen molar-refractivity contribution in [2.24, 2.45) is 0 Å². The van der Waals surface area contributed by atoms with E-state index < -0.39 is 0 Å². The maximum atomic E-state index is 12.1. The molecule has 0 saturated heterocycles. The number of imidazole rings is 1. The van der Waals surface area contributed by atoms with Crippen LogP contribution in [-0.4, -0.2) is 34.6 Å². The molecule has 0 radical (unpaired) electrons. The van der Waals surface area contributed by atoms with Gasteiger partial charge in [0, 0.05) is 29.5 Å². The summed E-state index contributed by atoms with van der Waals surface area (Å²) in [6.07, 6.45) is 4.68. The van der Waals surface area contributed by atoms with Gasteiger partial charge in [-0.1, -0.05) is 15.9 Å². The van der Waals surface area contributed by atoms with Crippen LogP contribution in [0.1, 0.15) is 5.56 Å². The summed E-state index contributed by atoms with van der Waals surface area (Å²) in [6.45, 7) is 0.458. The number of rotatable bonds is 3. The lowest BCUT2D eigenvalue weighted by Gasteiger charge is -2.19. The van der Waals surface area contributed by atoms with Gasteiger partial charge in [0.05, 0.1) is 13.7 Å². The summed E-state index contributed by atoms with van der Waals surface area (Å²) in [5.74, 6) is 0.758. The van der Waals surface area contributed by atoms with Crippen LogP contribution in [0.4, 0.5) is 4.79 Å². The zero-order valence-electron chi connectivity index (χ0n) is 10.7. The minimum atomic E-state index is -0.139. The van der Waals surface area contributed by atoms with Crippen molar-refractivity contribution in [3.05, 3.63) is 47.0 Å². The third-order valence-electron chi connectivity index (χ3n) is 2.70. The third-order valence-corrected chi connectivity index (χ3v) is 3.20. The molecule has 0 aliphatic rings. The Balaban J connectivity index is 2.17. The standard InChI is InChI=1S/C13H14BrN3O2/c1-16(13(18)17-6-5-15-9-17)8-10-7-11(14)3-4-12(10)19-2/h3-7,9H,8H2,1-2H3. The van der Waals surface area contributed by atoms with Crippen LogP contribution in [0, 0.1) is 0 Å². The molecule has 0 spiro atoms. The van der Waals surface area contributed by atoms with Crippen LogP contribution < -0.4 is 4.74 Å². The molecular weight excluding hydrogens is 310 g/mol. The molecule has 1 aromatic heterocycles. The molecule has 5 nitrogen and oxygen atoms in total. The fraction of sp³-hybridized carbons (Fsp3) is 0.231. The van der Waals surface area contributed by atoms with Crippen LogP contribution in [0.25, 0.3) is 0 Å². The minimum absolute atomic E-state index is 0.139. The topological polar surface area (TPSA) is 47.4 Å². The lowest BCUT2D eigenvalue weighted by Crippen LogP contribution is -2.30. The van der Waals surface area contributed by atoms with E-state index in [4.69, 9.17) is 4.74 Å². The summed E-state index contributed by atoms with van der Waals surface area (Å²) < 4.78 is 7.68. The van der Waals surface area contributed by atoms with Gasteiger partial charge >= 0.3 is 6.03 Å². The molecule has 2 rings (SSSR count). The number of halogens is 1. The van der Waals surface area contributed by atoms with Crippen LogP contribution in [0.5, 0.6) is 5.75 Å². The van der Waals surface area contributed by atoms with E-state index in [1.54, 1.807) is 31.5 Å². The number of carbonyl (C=O) groups is 1. The van der Waals surface area contributed by atoms with E-state index in [0.717, 1.165) is 15.8 Å². The van der Waals surface area contributed by atoms with Crippen LogP contribution in [0.2, 0.25) is 0 Å². The van der Waals surface area contributed by atoms with Gasteiger partial charge in [-0.15, -0.1) is 0 Å². The Bertz CT molecular complexity index is 569. The zero-order chi connectivity index (χ0) is 13.8. The maximum Gasteiger partial charge on any atom is 0.329 e. The number of hydrogen-bond donors (Lipinski definition) is 0. The van der Waals surface area contributed by atoms with Crippen molar-refractivity contribution in [2.45, 2.75) is 6.54 Å². The average molecular weight is 324 g/mol. The van der Waals surface area contributed by atoms with Crippen LogP contribution in [0.3, 0.4) is 0 Å². The highest BCUT2D eigenvalue weighted by molar-refractivity contribution is 9.10. The Labute approximate surface area is 119 Å². The highest BCUT2D eigenvalue weighted by atomic mass is 79.9.